The van der Waals surface area contributed by atoms with Crippen LogP contribution in [0.2, 0.25) is 0 Å². The van der Waals surface area contributed by atoms with Gasteiger partial charge in [-0.1, -0.05) is 6.07 Å². The van der Waals surface area contributed by atoms with Crippen molar-refractivity contribution in [1.29, 1.82) is 0 Å². The molecular formula is C26H25FN4O4. The van der Waals surface area contributed by atoms with Gasteiger partial charge in [-0.05, 0) is 48.7 Å². The van der Waals surface area contributed by atoms with E-state index in [2.05, 4.69) is 9.97 Å². The molecule has 35 heavy (non-hydrogen) atoms. The number of benzene rings is 2. The number of aliphatic hydroxyl groups excluding tert-OH is 1. The molecule has 2 aliphatic rings. The maximum Gasteiger partial charge on any atom is 0.308 e. The number of aliphatic hydroxyl groups is 1. The van der Waals surface area contributed by atoms with Gasteiger partial charge >= 0.3 is 5.97 Å². The van der Waals surface area contributed by atoms with Crippen molar-refractivity contribution in [2.24, 2.45) is 0 Å². The quantitative estimate of drug-likeness (QED) is 0.430. The predicted molar refractivity (Wildman–Crippen MR) is 127 cm³/mol. The molecule has 1 spiro atoms. The first-order chi connectivity index (χ1) is 16.8. The number of amides is 1. The molecule has 0 atom stereocenters. The maximum atomic E-state index is 14.5. The number of esters is 1. The second-order valence-corrected chi connectivity index (χ2v) is 9.06. The molecule has 3 aromatic rings. The van der Waals surface area contributed by atoms with E-state index in [9.17, 15) is 14.0 Å². The van der Waals surface area contributed by atoms with E-state index < -0.39 is 11.8 Å². The van der Waals surface area contributed by atoms with Gasteiger partial charge in [-0.25, -0.2) is 14.4 Å². The van der Waals surface area contributed by atoms with E-state index in [-0.39, 0.29) is 35.8 Å². The van der Waals surface area contributed by atoms with Crippen LogP contribution in [0.5, 0.6) is 5.75 Å². The average Bonchev–Trinajstić information content (AvgIpc) is 3.56. The lowest BCUT2D eigenvalue weighted by molar-refractivity contribution is -0.131. The van der Waals surface area contributed by atoms with E-state index in [0.29, 0.717) is 23.6 Å². The first-order valence-corrected chi connectivity index (χ1v) is 11.4. The highest BCUT2D eigenvalue weighted by atomic mass is 19.1. The van der Waals surface area contributed by atoms with Crippen LogP contribution >= 0.6 is 0 Å². The number of carbonyl (C=O) groups is 2. The number of ether oxygens (including phenoxy) is 1. The van der Waals surface area contributed by atoms with Crippen molar-refractivity contribution in [2.45, 2.75) is 25.2 Å². The lowest BCUT2D eigenvalue weighted by atomic mass is 9.97. The average molecular weight is 477 g/mol. The fraction of sp³-hybridized carbons (Fsp3) is 0.308. The maximum absolute atomic E-state index is 14.5. The summed E-state index contributed by atoms with van der Waals surface area (Å²) in [6.45, 7) is 2.14. The Kier molecular flexibility index (Phi) is 5.72. The minimum absolute atomic E-state index is 0.0421. The summed E-state index contributed by atoms with van der Waals surface area (Å²) < 4.78 is 19.6. The molecule has 0 bridgehead atoms. The standard InChI is InChI=1S/C26H25FN4O4/c1-16(33)35-19-4-6-22(27)20(12-19)18-13-28-25(29-14-18)31-15-26(7-8-26)21-5-3-17(11-23(21)31)24(34)30(2)9-10-32/h3-6,11-14,32H,7-10,15H2,1-2H3. The molecule has 1 fully saturated rings. The number of hydrogen-bond donors (Lipinski definition) is 1. The van der Waals surface area contributed by atoms with Crippen molar-refractivity contribution in [3.05, 3.63) is 65.7 Å². The summed E-state index contributed by atoms with van der Waals surface area (Å²) in [6.07, 6.45) is 5.20. The predicted octanol–water partition coefficient (Wildman–Crippen LogP) is 3.46. The molecule has 0 saturated heterocycles. The van der Waals surface area contributed by atoms with E-state index in [1.165, 1.54) is 35.6 Å². The number of halogens is 1. The Morgan fingerprint density at radius 2 is 1.91 bits per heavy atom. The molecule has 0 radical (unpaired) electrons. The fourth-order valence-corrected chi connectivity index (χ4v) is 4.59. The molecule has 1 saturated carbocycles. The highest BCUT2D eigenvalue weighted by Crippen LogP contribution is 2.57. The molecule has 1 amide bonds. The van der Waals surface area contributed by atoms with E-state index >= 15 is 0 Å². The van der Waals surface area contributed by atoms with Crippen molar-refractivity contribution in [3.63, 3.8) is 0 Å². The number of hydrogen-bond acceptors (Lipinski definition) is 7. The zero-order chi connectivity index (χ0) is 24.7. The Labute approximate surface area is 202 Å². The van der Waals surface area contributed by atoms with E-state index in [0.717, 1.165) is 18.5 Å². The number of aromatic nitrogens is 2. The molecule has 0 unspecified atom stereocenters. The zero-order valence-corrected chi connectivity index (χ0v) is 19.5. The molecule has 8 nitrogen and oxygen atoms in total. The van der Waals surface area contributed by atoms with Crippen molar-refractivity contribution >= 4 is 23.5 Å². The van der Waals surface area contributed by atoms with Gasteiger partial charge in [0.1, 0.15) is 11.6 Å². The SMILES string of the molecule is CC(=O)Oc1ccc(F)c(-c2cnc(N3CC4(CC4)c4ccc(C(=O)N(C)CCO)cc43)nc2)c1. The molecule has 1 N–H and O–H groups in total. The summed E-state index contributed by atoms with van der Waals surface area (Å²) in [5.74, 6) is -0.431. The summed E-state index contributed by atoms with van der Waals surface area (Å²) in [5, 5.41) is 9.17. The minimum Gasteiger partial charge on any atom is -0.427 e. The number of nitrogens with zero attached hydrogens (tertiary/aromatic N) is 4. The molecule has 1 aliphatic heterocycles. The molecule has 180 valence electrons. The number of likely N-dealkylation sites (N-methyl/N-ethyl adjacent to an activating group) is 1. The first-order valence-electron chi connectivity index (χ1n) is 11.4. The van der Waals surface area contributed by atoms with Gasteiger partial charge in [-0.15, -0.1) is 0 Å². The topological polar surface area (TPSA) is 95.9 Å². The molecule has 2 heterocycles. The number of rotatable bonds is 6. The Balaban J connectivity index is 1.46. The van der Waals surface area contributed by atoms with E-state index in [1.807, 2.05) is 23.1 Å². The highest BCUT2D eigenvalue weighted by molar-refractivity contribution is 5.96. The van der Waals surface area contributed by atoms with Crippen LogP contribution in [0.1, 0.15) is 35.7 Å². The monoisotopic (exact) mass is 476 g/mol. The third kappa shape index (κ3) is 4.23. The van der Waals surface area contributed by atoms with Crippen LogP contribution in [0.25, 0.3) is 11.1 Å². The van der Waals surface area contributed by atoms with Crippen LogP contribution in [0.4, 0.5) is 16.0 Å². The lowest BCUT2D eigenvalue weighted by Crippen LogP contribution is -2.29. The number of anilines is 2. The van der Waals surface area contributed by atoms with Crippen molar-refractivity contribution < 1.29 is 23.8 Å². The second-order valence-electron chi connectivity index (χ2n) is 9.06. The summed E-state index contributed by atoms with van der Waals surface area (Å²) in [4.78, 5) is 36.5. The minimum atomic E-state index is -0.490. The van der Waals surface area contributed by atoms with Gasteiger partial charge in [-0.2, -0.15) is 0 Å². The number of fused-ring (bicyclic) bond motifs is 2. The molecule has 2 aromatic carbocycles. The smallest absolute Gasteiger partial charge is 0.308 e. The van der Waals surface area contributed by atoms with Gasteiger partial charge < -0.3 is 19.6 Å². The van der Waals surface area contributed by atoms with Crippen LogP contribution in [0, 0.1) is 5.82 Å². The van der Waals surface area contributed by atoms with E-state index in [4.69, 9.17) is 9.84 Å². The largest absolute Gasteiger partial charge is 0.427 e. The molecular weight excluding hydrogens is 451 g/mol. The summed E-state index contributed by atoms with van der Waals surface area (Å²) in [6, 6.07) is 9.77. The van der Waals surface area contributed by atoms with Gasteiger partial charge in [0.2, 0.25) is 5.95 Å². The van der Waals surface area contributed by atoms with Crippen molar-refractivity contribution in [2.75, 3.05) is 31.6 Å². The fourth-order valence-electron chi connectivity index (χ4n) is 4.59. The van der Waals surface area contributed by atoms with Crippen LogP contribution in [-0.2, 0) is 10.2 Å². The first kappa shape index (κ1) is 22.9. The molecule has 1 aliphatic carbocycles. The Hall–Kier alpha value is -3.85. The van der Waals surface area contributed by atoms with Crippen molar-refractivity contribution in [1.82, 2.24) is 14.9 Å². The van der Waals surface area contributed by atoms with Crippen LogP contribution < -0.4 is 9.64 Å². The third-order valence-electron chi connectivity index (χ3n) is 6.59. The van der Waals surface area contributed by atoms with Gasteiger partial charge in [0.05, 0.1) is 6.61 Å². The third-order valence-corrected chi connectivity index (χ3v) is 6.59. The van der Waals surface area contributed by atoms with Gasteiger partial charge in [0, 0.05) is 67.2 Å². The second kappa shape index (κ2) is 8.74. The molecule has 1 aromatic heterocycles. The number of carbonyl (C=O) groups excluding carboxylic acids is 2. The lowest BCUT2D eigenvalue weighted by Gasteiger charge is -2.20. The Morgan fingerprint density at radius 1 is 1.17 bits per heavy atom. The summed E-state index contributed by atoms with van der Waals surface area (Å²) >= 11 is 0. The summed E-state index contributed by atoms with van der Waals surface area (Å²) in [7, 11) is 1.66. The Bertz CT molecular complexity index is 1310. The molecule has 5 rings (SSSR count). The molecule has 9 heteroatoms. The van der Waals surface area contributed by atoms with Gasteiger partial charge in [0.15, 0.2) is 0 Å². The van der Waals surface area contributed by atoms with Crippen LogP contribution in [-0.4, -0.2) is 58.6 Å². The van der Waals surface area contributed by atoms with E-state index in [1.54, 1.807) is 19.4 Å². The van der Waals surface area contributed by atoms with Crippen molar-refractivity contribution in [3.8, 4) is 16.9 Å². The van der Waals surface area contributed by atoms with Gasteiger partial charge in [-0.3, -0.25) is 9.59 Å². The highest BCUT2D eigenvalue weighted by Gasteiger charge is 2.52. The summed E-state index contributed by atoms with van der Waals surface area (Å²) in [5.41, 5.74) is 3.32. The van der Waals surface area contributed by atoms with Crippen LogP contribution in [0.15, 0.2) is 48.8 Å². The zero-order valence-electron chi connectivity index (χ0n) is 19.5. The Morgan fingerprint density at radius 3 is 2.57 bits per heavy atom. The van der Waals surface area contributed by atoms with Crippen LogP contribution in [0.3, 0.4) is 0 Å². The normalized spacial score (nSPS) is 15.1. The van der Waals surface area contributed by atoms with Gasteiger partial charge in [0.25, 0.3) is 5.91 Å².